The molecule has 0 N–H and O–H groups in total. The summed E-state index contributed by atoms with van der Waals surface area (Å²) < 4.78 is 23.1. The summed E-state index contributed by atoms with van der Waals surface area (Å²) in [5.41, 5.74) is 0. The molecule has 0 bridgehead atoms. The van der Waals surface area contributed by atoms with E-state index in [2.05, 4.69) is 13.8 Å². The van der Waals surface area contributed by atoms with Gasteiger partial charge in [0.25, 0.3) is 0 Å². The molecule has 0 aromatic heterocycles. The monoisotopic (exact) mass is 278 g/mol. The predicted octanol–water partition coefficient (Wildman–Crippen LogP) is 5.39. The SMILES string of the molecule is CCCCCCOP(=O)(CC)OCCCCCC. The zero-order chi connectivity index (χ0) is 13.7. The Hall–Kier alpha value is 0.150. The van der Waals surface area contributed by atoms with Crippen LogP contribution in [0.15, 0.2) is 0 Å². The summed E-state index contributed by atoms with van der Waals surface area (Å²) in [7, 11) is -2.80. The van der Waals surface area contributed by atoms with E-state index in [-0.39, 0.29) is 0 Å². The molecular weight excluding hydrogens is 247 g/mol. The second kappa shape index (κ2) is 12.2. The van der Waals surface area contributed by atoms with Gasteiger partial charge < -0.3 is 9.05 Å². The first kappa shape index (κ1) is 18.1. The molecule has 0 atom stereocenters. The van der Waals surface area contributed by atoms with Gasteiger partial charge in [0.2, 0.25) is 0 Å². The second-order valence-corrected chi connectivity index (χ2v) is 7.09. The summed E-state index contributed by atoms with van der Waals surface area (Å²) in [5.74, 6) is 0. The molecule has 3 nitrogen and oxygen atoms in total. The molecule has 0 aromatic rings. The van der Waals surface area contributed by atoms with Crippen molar-refractivity contribution in [2.75, 3.05) is 19.4 Å². The van der Waals surface area contributed by atoms with Crippen LogP contribution in [0.4, 0.5) is 0 Å². The van der Waals surface area contributed by atoms with Crippen LogP contribution in [-0.4, -0.2) is 19.4 Å². The summed E-state index contributed by atoms with van der Waals surface area (Å²) in [4.78, 5) is 0. The summed E-state index contributed by atoms with van der Waals surface area (Å²) in [5, 5.41) is 0. The summed E-state index contributed by atoms with van der Waals surface area (Å²) >= 11 is 0. The van der Waals surface area contributed by atoms with Gasteiger partial charge in [-0.25, -0.2) is 0 Å². The van der Waals surface area contributed by atoms with Gasteiger partial charge in [-0.05, 0) is 12.8 Å². The molecule has 18 heavy (non-hydrogen) atoms. The summed E-state index contributed by atoms with van der Waals surface area (Å²) in [6.45, 7) is 7.37. The molecule has 0 heterocycles. The van der Waals surface area contributed by atoms with Gasteiger partial charge >= 0.3 is 7.60 Å². The lowest BCUT2D eigenvalue weighted by Crippen LogP contribution is -2.01. The minimum absolute atomic E-state index is 0.481. The van der Waals surface area contributed by atoms with Crippen LogP contribution in [0.2, 0.25) is 0 Å². The van der Waals surface area contributed by atoms with Gasteiger partial charge in [0, 0.05) is 6.16 Å². The predicted molar refractivity (Wildman–Crippen MR) is 78.3 cm³/mol. The average Bonchev–Trinajstić information content (AvgIpc) is 2.38. The van der Waals surface area contributed by atoms with E-state index in [9.17, 15) is 4.57 Å². The van der Waals surface area contributed by atoms with Gasteiger partial charge in [0.1, 0.15) is 0 Å². The van der Waals surface area contributed by atoms with E-state index in [1.54, 1.807) is 0 Å². The Balaban J connectivity index is 3.64. The highest BCUT2D eigenvalue weighted by atomic mass is 31.2. The van der Waals surface area contributed by atoms with Gasteiger partial charge in [-0.3, -0.25) is 4.57 Å². The van der Waals surface area contributed by atoms with Gasteiger partial charge in [-0.2, -0.15) is 0 Å². The van der Waals surface area contributed by atoms with Crippen LogP contribution in [0.3, 0.4) is 0 Å². The lowest BCUT2D eigenvalue weighted by molar-refractivity contribution is 0.198. The van der Waals surface area contributed by atoms with Crippen LogP contribution >= 0.6 is 7.60 Å². The first-order valence-electron chi connectivity index (χ1n) is 7.56. The summed E-state index contributed by atoms with van der Waals surface area (Å²) in [6.07, 6.45) is 9.60. The zero-order valence-electron chi connectivity index (χ0n) is 12.5. The van der Waals surface area contributed by atoms with Crippen LogP contribution in [0, 0.1) is 0 Å². The fourth-order valence-corrected chi connectivity index (χ4v) is 2.94. The lowest BCUT2D eigenvalue weighted by Gasteiger charge is -2.17. The van der Waals surface area contributed by atoms with Crippen molar-refractivity contribution < 1.29 is 13.6 Å². The van der Waals surface area contributed by atoms with Crippen LogP contribution in [0.25, 0.3) is 0 Å². The molecule has 0 aliphatic rings. The van der Waals surface area contributed by atoms with Crippen molar-refractivity contribution in [1.82, 2.24) is 0 Å². The molecule has 0 aliphatic carbocycles. The zero-order valence-corrected chi connectivity index (χ0v) is 13.3. The number of hydrogen-bond donors (Lipinski definition) is 0. The standard InChI is InChI=1S/C14H31O3P/c1-4-7-9-11-13-16-18(15,6-3)17-14-12-10-8-5-2/h4-14H2,1-3H3. The Morgan fingerprint density at radius 1 is 0.722 bits per heavy atom. The number of rotatable bonds is 13. The molecular formula is C14H31O3P. The van der Waals surface area contributed by atoms with Crippen molar-refractivity contribution in [1.29, 1.82) is 0 Å². The molecule has 0 radical (unpaired) electrons. The maximum Gasteiger partial charge on any atom is 0.330 e. The molecule has 0 amide bonds. The largest absolute Gasteiger partial charge is 0.330 e. The van der Waals surface area contributed by atoms with Crippen molar-refractivity contribution in [2.24, 2.45) is 0 Å². The normalized spacial score (nSPS) is 11.9. The van der Waals surface area contributed by atoms with Gasteiger partial charge in [0.15, 0.2) is 0 Å². The molecule has 110 valence electrons. The van der Waals surface area contributed by atoms with E-state index in [1.807, 2.05) is 6.92 Å². The Morgan fingerprint density at radius 3 is 1.50 bits per heavy atom. The molecule has 4 heteroatoms. The van der Waals surface area contributed by atoms with Crippen LogP contribution in [-0.2, 0) is 13.6 Å². The van der Waals surface area contributed by atoms with Crippen LogP contribution < -0.4 is 0 Å². The van der Waals surface area contributed by atoms with E-state index in [4.69, 9.17) is 9.05 Å². The molecule has 0 rings (SSSR count). The number of unbranched alkanes of at least 4 members (excludes halogenated alkanes) is 6. The Bertz CT molecular complexity index is 201. The van der Waals surface area contributed by atoms with E-state index < -0.39 is 7.60 Å². The smallest absolute Gasteiger partial charge is 0.309 e. The number of hydrogen-bond acceptors (Lipinski definition) is 3. The first-order valence-corrected chi connectivity index (χ1v) is 9.29. The lowest BCUT2D eigenvalue weighted by atomic mass is 10.2. The van der Waals surface area contributed by atoms with Crippen LogP contribution in [0.1, 0.15) is 72.1 Å². The molecule has 0 saturated heterocycles. The minimum atomic E-state index is -2.80. The van der Waals surface area contributed by atoms with Gasteiger partial charge in [-0.15, -0.1) is 0 Å². The highest BCUT2D eigenvalue weighted by molar-refractivity contribution is 7.53. The maximum absolute atomic E-state index is 12.2. The maximum atomic E-state index is 12.2. The second-order valence-electron chi connectivity index (χ2n) is 4.71. The minimum Gasteiger partial charge on any atom is -0.309 e. The third-order valence-corrected chi connectivity index (χ3v) is 4.89. The third kappa shape index (κ3) is 10.1. The van der Waals surface area contributed by atoms with Crippen molar-refractivity contribution >= 4 is 7.60 Å². The highest BCUT2D eigenvalue weighted by Gasteiger charge is 2.21. The Labute approximate surface area is 113 Å². The van der Waals surface area contributed by atoms with Crippen molar-refractivity contribution in [3.05, 3.63) is 0 Å². The fourth-order valence-electron chi connectivity index (χ4n) is 1.68. The summed E-state index contributed by atoms with van der Waals surface area (Å²) in [6, 6.07) is 0. The Morgan fingerprint density at radius 2 is 1.17 bits per heavy atom. The molecule has 0 saturated carbocycles. The average molecular weight is 278 g/mol. The topological polar surface area (TPSA) is 35.5 Å². The third-order valence-electron chi connectivity index (χ3n) is 2.96. The molecule has 0 aromatic carbocycles. The van der Waals surface area contributed by atoms with Crippen molar-refractivity contribution in [3.8, 4) is 0 Å². The van der Waals surface area contributed by atoms with Gasteiger partial charge in [0.05, 0.1) is 13.2 Å². The van der Waals surface area contributed by atoms with Crippen molar-refractivity contribution in [3.63, 3.8) is 0 Å². The van der Waals surface area contributed by atoms with E-state index in [0.717, 1.165) is 25.7 Å². The van der Waals surface area contributed by atoms with E-state index in [1.165, 1.54) is 25.7 Å². The molecule has 0 aliphatic heterocycles. The molecule has 0 spiro atoms. The first-order chi connectivity index (χ1) is 8.68. The van der Waals surface area contributed by atoms with Crippen molar-refractivity contribution in [2.45, 2.75) is 72.1 Å². The van der Waals surface area contributed by atoms with Crippen LogP contribution in [0.5, 0.6) is 0 Å². The molecule has 0 unspecified atom stereocenters. The van der Waals surface area contributed by atoms with E-state index in [0.29, 0.717) is 19.4 Å². The Kier molecular flexibility index (Phi) is 12.3. The fraction of sp³-hybridized carbons (Fsp3) is 1.00. The van der Waals surface area contributed by atoms with Gasteiger partial charge in [-0.1, -0.05) is 59.3 Å². The highest BCUT2D eigenvalue weighted by Crippen LogP contribution is 2.47. The molecule has 0 fully saturated rings. The van der Waals surface area contributed by atoms with E-state index >= 15 is 0 Å². The quantitative estimate of drug-likeness (QED) is 0.334.